The van der Waals surface area contributed by atoms with E-state index < -0.39 is 0 Å². The molecule has 3 atom stereocenters. The van der Waals surface area contributed by atoms with Crippen molar-refractivity contribution in [1.82, 2.24) is 4.98 Å². The average molecular weight is 293 g/mol. The van der Waals surface area contributed by atoms with Gasteiger partial charge < -0.3 is 0 Å². The van der Waals surface area contributed by atoms with Gasteiger partial charge in [-0.2, -0.15) is 11.8 Å². The maximum Gasteiger partial charge on any atom is 0.155 e. The van der Waals surface area contributed by atoms with Crippen molar-refractivity contribution >= 4 is 29.3 Å². The molecule has 2 nitrogen and oxygen atoms in total. The summed E-state index contributed by atoms with van der Waals surface area (Å²) < 4.78 is 0. The summed E-state index contributed by atoms with van der Waals surface area (Å²) in [6.45, 7) is 2.20. The molecule has 19 heavy (non-hydrogen) atoms. The van der Waals surface area contributed by atoms with E-state index >= 15 is 0 Å². The Hall–Kier alpha value is -0.480. The number of carbonyl (C=O) groups excluding carboxylic acids is 1. The van der Waals surface area contributed by atoms with Gasteiger partial charge in [0.25, 0.3) is 0 Å². The first-order chi connectivity index (χ1) is 9.31. The first-order valence-electron chi connectivity index (χ1n) is 7.02. The first-order valence-corrected chi connectivity index (χ1v) is 9.11. The lowest BCUT2D eigenvalue weighted by Gasteiger charge is -2.30. The largest absolute Gasteiger partial charge is 0.298 e. The summed E-state index contributed by atoms with van der Waals surface area (Å²) in [4.78, 5) is 17.3. The molecule has 0 spiro atoms. The quantitative estimate of drug-likeness (QED) is 0.855. The topological polar surface area (TPSA) is 30.0 Å². The zero-order valence-electron chi connectivity index (χ0n) is 11.2. The van der Waals surface area contributed by atoms with E-state index in [1.807, 2.05) is 35.8 Å². The fourth-order valence-electron chi connectivity index (χ4n) is 3.05. The number of aromatic nitrogens is 1. The summed E-state index contributed by atoms with van der Waals surface area (Å²) in [7, 11) is 0. The van der Waals surface area contributed by atoms with Crippen molar-refractivity contribution in [2.75, 3.05) is 11.5 Å². The van der Waals surface area contributed by atoms with E-state index in [2.05, 4.69) is 18.0 Å². The van der Waals surface area contributed by atoms with Crippen molar-refractivity contribution in [1.29, 1.82) is 0 Å². The summed E-state index contributed by atoms with van der Waals surface area (Å²) in [6.07, 6.45) is 4.89. The highest BCUT2D eigenvalue weighted by Crippen LogP contribution is 2.40. The summed E-state index contributed by atoms with van der Waals surface area (Å²) in [6, 6.07) is 4.10. The molecule has 0 bridgehead atoms. The van der Waals surface area contributed by atoms with E-state index in [1.165, 1.54) is 11.3 Å². The van der Waals surface area contributed by atoms with Crippen LogP contribution in [0.2, 0.25) is 0 Å². The molecular weight excluding hydrogens is 274 g/mol. The van der Waals surface area contributed by atoms with Gasteiger partial charge in [0.05, 0.1) is 16.9 Å². The Bertz CT molecular complexity index is 477. The maximum absolute atomic E-state index is 12.9. The number of thioether (sulfide) groups is 2. The van der Waals surface area contributed by atoms with Crippen LogP contribution in [0.1, 0.15) is 36.9 Å². The molecule has 1 aliphatic carbocycles. The third-order valence-corrected chi connectivity index (χ3v) is 7.30. The van der Waals surface area contributed by atoms with Gasteiger partial charge in [-0.15, -0.1) is 11.8 Å². The Labute approximate surface area is 123 Å². The Balaban J connectivity index is 1.81. The molecule has 4 heteroatoms. The van der Waals surface area contributed by atoms with Gasteiger partial charge in [-0.1, -0.05) is 13.0 Å². The van der Waals surface area contributed by atoms with Gasteiger partial charge >= 0.3 is 0 Å². The van der Waals surface area contributed by atoms with E-state index in [9.17, 15) is 4.79 Å². The van der Waals surface area contributed by atoms with Crippen LogP contribution in [-0.4, -0.2) is 32.8 Å². The number of fused-ring (bicyclic) bond motifs is 1. The fourth-order valence-corrected chi connectivity index (χ4v) is 6.13. The predicted octanol–water partition coefficient (Wildman–Crippen LogP) is 3.31. The van der Waals surface area contributed by atoms with E-state index in [-0.39, 0.29) is 11.2 Å². The highest BCUT2D eigenvalue weighted by Gasteiger charge is 2.38. The van der Waals surface area contributed by atoms with Crippen molar-refractivity contribution in [2.45, 2.75) is 42.6 Å². The summed E-state index contributed by atoms with van der Waals surface area (Å²) in [5.74, 6) is 2.79. The third kappa shape index (κ3) is 2.57. The highest BCUT2D eigenvalue weighted by molar-refractivity contribution is 8.07. The molecule has 0 aromatic carbocycles. The van der Waals surface area contributed by atoms with E-state index in [1.54, 1.807) is 0 Å². The Kier molecular flexibility index (Phi) is 4.18. The summed E-state index contributed by atoms with van der Waals surface area (Å²) in [5.41, 5.74) is 2.33. The van der Waals surface area contributed by atoms with Gasteiger partial charge in [0, 0.05) is 23.0 Å². The molecule has 3 rings (SSSR count). The molecule has 2 heterocycles. The Morgan fingerprint density at radius 2 is 2.26 bits per heavy atom. The lowest BCUT2D eigenvalue weighted by Crippen LogP contribution is -2.35. The van der Waals surface area contributed by atoms with Crippen molar-refractivity contribution in [2.24, 2.45) is 0 Å². The van der Waals surface area contributed by atoms with Crippen LogP contribution in [0.3, 0.4) is 0 Å². The van der Waals surface area contributed by atoms with Gasteiger partial charge in [0.1, 0.15) is 0 Å². The number of aryl methyl sites for hydroxylation is 1. The monoisotopic (exact) mass is 293 g/mol. The summed E-state index contributed by atoms with van der Waals surface area (Å²) in [5, 5.41) is 0.681. The van der Waals surface area contributed by atoms with Gasteiger partial charge in [-0.05, 0) is 30.9 Å². The minimum Gasteiger partial charge on any atom is -0.298 e. The van der Waals surface area contributed by atoms with E-state index in [0.29, 0.717) is 11.0 Å². The number of rotatable bonds is 3. The minimum absolute atomic E-state index is 0.0569. The number of ketones is 1. The number of nitrogens with zero attached hydrogens (tertiary/aromatic N) is 1. The molecule has 1 aromatic heterocycles. The smallest absolute Gasteiger partial charge is 0.155 e. The lowest BCUT2D eigenvalue weighted by molar-refractivity contribution is -0.120. The van der Waals surface area contributed by atoms with Gasteiger partial charge in [-0.25, -0.2) is 0 Å². The van der Waals surface area contributed by atoms with Crippen molar-refractivity contribution in [3.63, 3.8) is 0 Å². The first kappa shape index (κ1) is 13.5. The molecule has 0 amide bonds. The molecule has 0 radical (unpaired) electrons. The van der Waals surface area contributed by atoms with Crippen LogP contribution >= 0.6 is 23.5 Å². The van der Waals surface area contributed by atoms with Crippen LogP contribution in [-0.2, 0) is 11.2 Å². The zero-order valence-corrected chi connectivity index (χ0v) is 12.8. The van der Waals surface area contributed by atoms with Crippen molar-refractivity contribution in [3.05, 3.63) is 29.6 Å². The molecule has 3 unspecified atom stereocenters. The molecule has 1 fully saturated rings. The van der Waals surface area contributed by atoms with Crippen LogP contribution in [0.15, 0.2) is 18.3 Å². The van der Waals surface area contributed by atoms with E-state index in [4.69, 9.17) is 0 Å². The number of hydrogen-bond donors (Lipinski definition) is 0. The van der Waals surface area contributed by atoms with Gasteiger partial charge in [-0.3, -0.25) is 9.78 Å². The molecule has 1 saturated heterocycles. The van der Waals surface area contributed by atoms with Crippen LogP contribution in [0.5, 0.6) is 0 Å². The number of carbonyl (C=O) groups is 1. The second-order valence-corrected chi connectivity index (χ2v) is 7.75. The van der Waals surface area contributed by atoms with Crippen LogP contribution < -0.4 is 0 Å². The standard InChI is InChI=1S/C15H19NOS2/c1-2-12-15(19-9-8-18-12)14(17)11-6-5-10-4-3-7-16-13(10)11/h3-4,7,11-12,15H,2,5-6,8-9H2,1H3. The normalized spacial score (nSPS) is 30.1. The Morgan fingerprint density at radius 1 is 1.42 bits per heavy atom. The fraction of sp³-hybridized carbons (Fsp3) is 0.600. The molecule has 2 aliphatic rings. The Morgan fingerprint density at radius 3 is 3.11 bits per heavy atom. The van der Waals surface area contributed by atoms with E-state index in [0.717, 1.165) is 30.7 Å². The zero-order chi connectivity index (χ0) is 13.2. The van der Waals surface area contributed by atoms with Crippen LogP contribution in [0.25, 0.3) is 0 Å². The predicted molar refractivity (Wildman–Crippen MR) is 83.1 cm³/mol. The second kappa shape index (κ2) is 5.88. The molecule has 0 saturated carbocycles. The van der Waals surface area contributed by atoms with Gasteiger partial charge in [0.15, 0.2) is 5.78 Å². The van der Waals surface area contributed by atoms with Crippen molar-refractivity contribution < 1.29 is 4.79 Å². The number of pyridine rings is 1. The molecular formula is C15H19NOS2. The second-order valence-electron chi connectivity index (χ2n) is 5.15. The minimum atomic E-state index is 0.0569. The number of hydrogen-bond acceptors (Lipinski definition) is 4. The van der Waals surface area contributed by atoms with Gasteiger partial charge in [0.2, 0.25) is 0 Å². The van der Waals surface area contributed by atoms with Crippen LogP contribution in [0.4, 0.5) is 0 Å². The summed E-state index contributed by atoms with van der Waals surface area (Å²) >= 11 is 3.84. The van der Waals surface area contributed by atoms with Crippen molar-refractivity contribution in [3.8, 4) is 0 Å². The maximum atomic E-state index is 12.9. The molecule has 102 valence electrons. The molecule has 0 N–H and O–H groups in total. The van der Waals surface area contributed by atoms with Crippen LogP contribution in [0, 0.1) is 0 Å². The average Bonchev–Trinajstić information content (AvgIpc) is 2.90. The lowest BCUT2D eigenvalue weighted by atomic mass is 9.96. The highest BCUT2D eigenvalue weighted by atomic mass is 32.2. The molecule has 1 aromatic rings. The number of Topliss-reactive ketones (excluding diaryl/α,β-unsaturated/α-hetero) is 1. The molecule has 1 aliphatic heterocycles. The third-order valence-electron chi connectivity index (χ3n) is 4.04. The SMILES string of the molecule is CCC1SCCSC1C(=O)C1CCc2cccnc21.